The van der Waals surface area contributed by atoms with Gasteiger partial charge in [-0.15, -0.1) is 0 Å². The monoisotopic (exact) mass is 307 g/mol. The SMILES string of the molecule is Cc1cc(C)nc(Sc2cccc(Cl)c2CC(C)N)n1. The molecule has 1 aromatic heterocycles. The summed E-state index contributed by atoms with van der Waals surface area (Å²) in [6.07, 6.45) is 0.743. The molecule has 5 heteroatoms. The van der Waals surface area contributed by atoms with E-state index in [2.05, 4.69) is 9.97 Å². The molecule has 1 aromatic carbocycles. The van der Waals surface area contributed by atoms with Crippen molar-refractivity contribution in [3.63, 3.8) is 0 Å². The molecule has 0 amide bonds. The molecule has 106 valence electrons. The third kappa shape index (κ3) is 3.95. The van der Waals surface area contributed by atoms with Crippen LogP contribution in [0.15, 0.2) is 34.3 Å². The average molecular weight is 308 g/mol. The largest absolute Gasteiger partial charge is 0.328 e. The fourth-order valence-corrected chi connectivity index (χ4v) is 3.34. The van der Waals surface area contributed by atoms with E-state index in [1.165, 1.54) is 11.8 Å². The first-order valence-electron chi connectivity index (χ1n) is 6.49. The van der Waals surface area contributed by atoms with Gasteiger partial charge in [0.2, 0.25) is 0 Å². The Labute approximate surface area is 129 Å². The number of rotatable bonds is 4. The first-order valence-corrected chi connectivity index (χ1v) is 7.68. The van der Waals surface area contributed by atoms with Gasteiger partial charge in [-0.05, 0) is 62.7 Å². The molecule has 1 heterocycles. The minimum absolute atomic E-state index is 0.0643. The van der Waals surface area contributed by atoms with Gasteiger partial charge in [-0.3, -0.25) is 0 Å². The molecule has 0 aliphatic rings. The topological polar surface area (TPSA) is 51.8 Å². The van der Waals surface area contributed by atoms with Gasteiger partial charge in [0.1, 0.15) is 0 Å². The number of nitrogens with zero attached hydrogens (tertiary/aromatic N) is 2. The van der Waals surface area contributed by atoms with Gasteiger partial charge in [0, 0.05) is 27.3 Å². The van der Waals surface area contributed by atoms with E-state index in [9.17, 15) is 0 Å². The van der Waals surface area contributed by atoms with Crippen molar-refractivity contribution >= 4 is 23.4 Å². The van der Waals surface area contributed by atoms with Crippen LogP contribution in [0.4, 0.5) is 0 Å². The summed E-state index contributed by atoms with van der Waals surface area (Å²) < 4.78 is 0. The molecule has 0 aliphatic carbocycles. The molecule has 0 saturated heterocycles. The Morgan fingerprint density at radius 1 is 1.25 bits per heavy atom. The van der Waals surface area contributed by atoms with E-state index in [0.29, 0.717) is 0 Å². The molecule has 0 saturated carbocycles. The maximum absolute atomic E-state index is 6.29. The van der Waals surface area contributed by atoms with Crippen molar-refractivity contribution in [2.24, 2.45) is 5.73 Å². The van der Waals surface area contributed by atoms with Crippen LogP contribution < -0.4 is 5.73 Å². The lowest BCUT2D eigenvalue weighted by molar-refractivity contribution is 0.729. The van der Waals surface area contributed by atoms with E-state index < -0.39 is 0 Å². The molecule has 3 nitrogen and oxygen atoms in total. The van der Waals surface area contributed by atoms with Crippen molar-refractivity contribution in [2.75, 3.05) is 0 Å². The number of halogens is 1. The Morgan fingerprint density at radius 2 is 1.90 bits per heavy atom. The Balaban J connectivity index is 2.35. The summed E-state index contributed by atoms with van der Waals surface area (Å²) in [4.78, 5) is 9.98. The smallest absolute Gasteiger partial charge is 0.192 e. The maximum Gasteiger partial charge on any atom is 0.192 e. The van der Waals surface area contributed by atoms with Crippen molar-refractivity contribution in [2.45, 2.75) is 43.3 Å². The standard InChI is InChI=1S/C15H18ClN3S/c1-9(17)7-12-13(16)5-4-6-14(12)20-15-18-10(2)8-11(3)19-15/h4-6,8-9H,7,17H2,1-3H3. The first-order chi connectivity index (χ1) is 9.45. The van der Waals surface area contributed by atoms with Gasteiger partial charge < -0.3 is 5.73 Å². The highest BCUT2D eigenvalue weighted by Gasteiger charge is 2.12. The second-order valence-electron chi connectivity index (χ2n) is 4.93. The second kappa shape index (κ2) is 6.57. The molecule has 0 spiro atoms. The van der Waals surface area contributed by atoms with Crippen LogP contribution in [0.5, 0.6) is 0 Å². The molecular formula is C15H18ClN3S. The summed E-state index contributed by atoms with van der Waals surface area (Å²) in [6.45, 7) is 5.92. The van der Waals surface area contributed by atoms with Crippen LogP contribution in [0.1, 0.15) is 23.9 Å². The molecule has 0 radical (unpaired) electrons. The molecule has 1 unspecified atom stereocenters. The summed E-state index contributed by atoms with van der Waals surface area (Å²) >= 11 is 7.83. The predicted molar refractivity (Wildman–Crippen MR) is 84.4 cm³/mol. The van der Waals surface area contributed by atoms with Crippen LogP contribution in [-0.2, 0) is 6.42 Å². The average Bonchev–Trinajstić information content (AvgIpc) is 2.32. The minimum Gasteiger partial charge on any atom is -0.328 e. The number of benzene rings is 1. The van der Waals surface area contributed by atoms with Crippen LogP contribution >= 0.6 is 23.4 Å². The lowest BCUT2D eigenvalue weighted by Gasteiger charge is -2.12. The number of hydrogen-bond donors (Lipinski definition) is 1. The Bertz CT molecular complexity index is 594. The first kappa shape index (κ1) is 15.3. The Hall–Kier alpha value is -1.10. The van der Waals surface area contributed by atoms with E-state index in [1.54, 1.807) is 0 Å². The van der Waals surface area contributed by atoms with Crippen molar-refractivity contribution in [3.05, 3.63) is 46.2 Å². The van der Waals surface area contributed by atoms with Gasteiger partial charge in [0.05, 0.1) is 0 Å². The highest BCUT2D eigenvalue weighted by molar-refractivity contribution is 7.99. The van der Waals surface area contributed by atoms with E-state index >= 15 is 0 Å². The van der Waals surface area contributed by atoms with Crippen LogP contribution in [0.3, 0.4) is 0 Å². The van der Waals surface area contributed by atoms with Crippen LogP contribution in [-0.4, -0.2) is 16.0 Å². The molecular weight excluding hydrogens is 290 g/mol. The molecule has 2 N–H and O–H groups in total. The van der Waals surface area contributed by atoms with Gasteiger partial charge in [0.15, 0.2) is 5.16 Å². The van der Waals surface area contributed by atoms with Gasteiger partial charge in [-0.1, -0.05) is 17.7 Å². The molecule has 0 fully saturated rings. The molecule has 2 rings (SSSR count). The molecule has 0 bridgehead atoms. The van der Waals surface area contributed by atoms with E-state index in [1.807, 2.05) is 45.0 Å². The number of hydrogen-bond acceptors (Lipinski definition) is 4. The second-order valence-corrected chi connectivity index (χ2v) is 6.35. The number of aryl methyl sites for hydroxylation is 2. The van der Waals surface area contributed by atoms with Gasteiger partial charge in [-0.25, -0.2) is 9.97 Å². The fraction of sp³-hybridized carbons (Fsp3) is 0.333. The molecule has 0 aliphatic heterocycles. The third-order valence-corrected chi connectivity index (χ3v) is 4.09. The van der Waals surface area contributed by atoms with Crippen molar-refractivity contribution < 1.29 is 0 Å². The highest BCUT2D eigenvalue weighted by Crippen LogP contribution is 2.33. The van der Waals surface area contributed by atoms with E-state index in [4.69, 9.17) is 17.3 Å². The zero-order valence-electron chi connectivity index (χ0n) is 11.9. The van der Waals surface area contributed by atoms with Crippen LogP contribution in [0, 0.1) is 13.8 Å². The van der Waals surface area contributed by atoms with Gasteiger partial charge in [-0.2, -0.15) is 0 Å². The van der Waals surface area contributed by atoms with Crippen molar-refractivity contribution in [1.29, 1.82) is 0 Å². The fourth-order valence-electron chi connectivity index (χ4n) is 1.99. The van der Waals surface area contributed by atoms with E-state index in [0.717, 1.165) is 38.4 Å². The van der Waals surface area contributed by atoms with Gasteiger partial charge >= 0.3 is 0 Å². The highest BCUT2D eigenvalue weighted by atomic mass is 35.5. The quantitative estimate of drug-likeness (QED) is 0.873. The summed E-state index contributed by atoms with van der Waals surface area (Å²) in [6, 6.07) is 7.90. The summed E-state index contributed by atoms with van der Waals surface area (Å²) in [5.74, 6) is 0. The molecule has 20 heavy (non-hydrogen) atoms. The lowest BCUT2D eigenvalue weighted by atomic mass is 10.1. The number of nitrogens with two attached hydrogens (primary N) is 1. The summed E-state index contributed by atoms with van der Waals surface area (Å²) in [7, 11) is 0. The van der Waals surface area contributed by atoms with Crippen LogP contribution in [0.25, 0.3) is 0 Å². The van der Waals surface area contributed by atoms with Gasteiger partial charge in [0.25, 0.3) is 0 Å². The Morgan fingerprint density at radius 3 is 2.50 bits per heavy atom. The number of aromatic nitrogens is 2. The van der Waals surface area contributed by atoms with E-state index in [-0.39, 0.29) is 6.04 Å². The third-order valence-electron chi connectivity index (χ3n) is 2.76. The maximum atomic E-state index is 6.29. The normalized spacial score (nSPS) is 12.4. The lowest BCUT2D eigenvalue weighted by Crippen LogP contribution is -2.18. The Kier molecular flexibility index (Phi) is 5.02. The van der Waals surface area contributed by atoms with Crippen molar-refractivity contribution in [3.8, 4) is 0 Å². The van der Waals surface area contributed by atoms with Crippen LogP contribution in [0.2, 0.25) is 5.02 Å². The predicted octanol–water partition coefficient (Wildman–Crippen LogP) is 3.79. The zero-order chi connectivity index (χ0) is 14.7. The summed E-state index contributed by atoms with van der Waals surface area (Å²) in [5.41, 5.74) is 8.91. The molecule has 2 aromatic rings. The summed E-state index contributed by atoms with van der Waals surface area (Å²) in [5, 5.41) is 1.49. The zero-order valence-corrected chi connectivity index (χ0v) is 13.4. The minimum atomic E-state index is 0.0643. The molecule has 1 atom stereocenters. The van der Waals surface area contributed by atoms with Crippen molar-refractivity contribution in [1.82, 2.24) is 9.97 Å².